The number of thiophene rings is 1. The molecular formula is C17H26N2OS. The zero-order chi connectivity index (χ0) is 15.2. The van der Waals surface area contributed by atoms with Gasteiger partial charge in [0.2, 0.25) is 0 Å². The van der Waals surface area contributed by atoms with E-state index in [9.17, 15) is 4.79 Å². The fourth-order valence-electron chi connectivity index (χ4n) is 3.11. The molecule has 4 heteroatoms. The van der Waals surface area contributed by atoms with E-state index in [1.54, 1.807) is 11.3 Å². The first-order valence-electron chi connectivity index (χ1n) is 8.17. The highest BCUT2D eigenvalue weighted by Crippen LogP contribution is 2.54. The van der Waals surface area contributed by atoms with Gasteiger partial charge in [0.05, 0.1) is 15.6 Å². The number of Topliss-reactive ketones (excluding diaryl/α,β-unsaturated/α-hetero) is 1. The topological polar surface area (TPSA) is 55.1 Å². The largest absolute Gasteiger partial charge is 0.397 e. The van der Waals surface area contributed by atoms with Crippen molar-refractivity contribution in [3.8, 4) is 0 Å². The maximum atomic E-state index is 12.1. The van der Waals surface area contributed by atoms with Crippen LogP contribution in [0.2, 0.25) is 0 Å². The molecule has 0 radical (unpaired) electrons. The number of nitrogens with one attached hydrogen (secondary N) is 1. The van der Waals surface area contributed by atoms with Crippen molar-refractivity contribution in [2.75, 3.05) is 17.6 Å². The molecule has 21 heavy (non-hydrogen) atoms. The van der Waals surface area contributed by atoms with Crippen molar-refractivity contribution < 1.29 is 4.79 Å². The Morgan fingerprint density at radius 3 is 2.57 bits per heavy atom. The van der Waals surface area contributed by atoms with Crippen LogP contribution in [0.1, 0.15) is 74.0 Å². The fourth-order valence-corrected chi connectivity index (χ4v) is 4.32. The molecule has 0 bridgehead atoms. The lowest BCUT2D eigenvalue weighted by molar-refractivity contribution is 0.0993. The van der Waals surface area contributed by atoms with E-state index in [2.05, 4.69) is 19.2 Å². The Morgan fingerprint density at radius 1 is 1.43 bits per heavy atom. The predicted octanol–water partition coefficient (Wildman–Crippen LogP) is 4.65. The summed E-state index contributed by atoms with van der Waals surface area (Å²) < 4.78 is 0. The van der Waals surface area contributed by atoms with Gasteiger partial charge >= 0.3 is 0 Å². The lowest BCUT2D eigenvalue weighted by atomic mass is 9.92. The van der Waals surface area contributed by atoms with Crippen LogP contribution in [0.5, 0.6) is 0 Å². The average molecular weight is 306 g/mol. The third-order valence-corrected chi connectivity index (χ3v) is 6.48. The summed E-state index contributed by atoms with van der Waals surface area (Å²) in [6.07, 6.45) is 5.59. The van der Waals surface area contributed by atoms with Crippen LogP contribution in [0.15, 0.2) is 0 Å². The van der Waals surface area contributed by atoms with Gasteiger partial charge in [-0.1, -0.05) is 20.8 Å². The molecule has 3 N–H and O–H groups in total. The van der Waals surface area contributed by atoms with Gasteiger partial charge in [0.15, 0.2) is 5.78 Å². The molecular weight excluding hydrogens is 280 g/mol. The van der Waals surface area contributed by atoms with Crippen LogP contribution >= 0.6 is 11.3 Å². The summed E-state index contributed by atoms with van der Waals surface area (Å²) in [6.45, 7) is 7.55. The lowest BCUT2D eigenvalue weighted by Crippen LogP contribution is -2.20. The van der Waals surface area contributed by atoms with Crippen molar-refractivity contribution in [2.45, 2.75) is 58.8 Å². The molecule has 0 atom stereocenters. The summed E-state index contributed by atoms with van der Waals surface area (Å²) in [6, 6.07) is 0. The van der Waals surface area contributed by atoms with Crippen LogP contribution in [-0.4, -0.2) is 12.3 Å². The molecule has 116 valence electrons. The molecule has 0 amide bonds. The van der Waals surface area contributed by atoms with Crippen molar-refractivity contribution in [1.82, 2.24) is 0 Å². The highest BCUT2D eigenvalue weighted by atomic mass is 32.1. The number of anilines is 2. The van der Waals surface area contributed by atoms with Crippen LogP contribution in [0.4, 0.5) is 10.7 Å². The molecule has 0 saturated heterocycles. The Bertz CT molecular complexity index is 553. The SMILES string of the molecule is CCC(=O)c1sc(NCC2(C(C)C)CC2)c(C2CC2)c1N. The third kappa shape index (κ3) is 2.70. The van der Waals surface area contributed by atoms with Gasteiger partial charge in [-0.25, -0.2) is 0 Å². The van der Waals surface area contributed by atoms with Crippen molar-refractivity contribution in [3.63, 3.8) is 0 Å². The van der Waals surface area contributed by atoms with E-state index in [4.69, 9.17) is 5.73 Å². The van der Waals surface area contributed by atoms with Gasteiger partial charge in [0.25, 0.3) is 0 Å². The molecule has 2 aliphatic carbocycles. The Hall–Kier alpha value is -1.03. The Morgan fingerprint density at radius 2 is 2.10 bits per heavy atom. The third-order valence-electron chi connectivity index (χ3n) is 5.26. The van der Waals surface area contributed by atoms with Crippen LogP contribution < -0.4 is 11.1 Å². The van der Waals surface area contributed by atoms with E-state index in [1.807, 2.05) is 6.92 Å². The van der Waals surface area contributed by atoms with E-state index in [1.165, 1.54) is 36.2 Å². The molecule has 1 heterocycles. The van der Waals surface area contributed by atoms with Crippen LogP contribution in [0.25, 0.3) is 0 Å². The Kier molecular flexibility index (Phi) is 3.76. The van der Waals surface area contributed by atoms with Crippen LogP contribution in [-0.2, 0) is 0 Å². The molecule has 0 unspecified atom stereocenters. The monoisotopic (exact) mass is 306 g/mol. The number of carbonyl (C=O) groups excluding carboxylic acids is 1. The minimum atomic E-state index is 0.178. The Labute approximate surface area is 131 Å². The second kappa shape index (κ2) is 5.31. The van der Waals surface area contributed by atoms with Gasteiger partial charge in [-0.2, -0.15) is 0 Å². The molecule has 0 aliphatic heterocycles. The van der Waals surface area contributed by atoms with E-state index < -0.39 is 0 Å². The average Bonchev–Trinajstić information content (AvgIpc) is 3.35. The zero-order valence-electron chi connectivity index (χ0n) is 13.3. The number of hydrogen-bond donors (Lipinski definition) is 2. The molecule has 0 aromatic carbocycles. The number of hydrogen-bond acceptors (Lipinski definition) is 4. The molecule has 1 aromatic heterocycles. The minimum absolute atomic E-state index is 0.178. The normalized spacial score (nSPS) is 19.8. The number of carbonyl (C=O) groups is 1. The van der Waals surface area contributed by atoms with Gasteiger partial charge in [-0.3, -0.25) is 4.79 Å². The van der Waals surface area contributed by atoms with Crippen molar-refractivity contribution >= 4 is 27.8 Å². The number of nitrogen functional groups attached to an aromatic ring is 1. The van der Waals surface area contributed by atoms with Crippen molar-refractivity contribution in [3.05, 3.63) is 10.4 Å². The first kappa shape index (κ1) is 14.9. The highest BCUT2D eigenvalue weighted by Gasteiger charge is 2.45. The van der Waals surface area contributed by atoms with Gasteiger partial charge in [0, 0.05) is 18.5 Å². The van der Waals surface area contributed by atoms with Gasteiger partial charge in [-0.15, -0.1) is 11.3 Å². The maximum absolute atomic E-state index is 12.1. The van der Waals surface area contributed by atoms with Crippen molar-refractivity contribution in [2.24, 2.45) is 11.3 Å². The Balaban J connectivity index is 1.82. The highest BCUT2D eigenvalue weighted by molar-refractivity contribution is 7.18. The molecule has 1 aromatic rings. The van der Waals surface area contributed by atoms with Gasteiger partial charge in [-0.05, 0) is 42.9 Å². The van der Waals surface area contributed by atoms with E-state index in [-0.39, 0.29) is 5.78 Å². The zero-order valence-corrected chi connectivity index (χ0v) is 14.1. The number of rotatable bonds is 7. The van der Waals surface area contributed by atoms with E-state index >= 15 is 0 Å². The maximum Gasteiger partial charge on any atom is 0.174 e. The predicted molar refractivity (Wildman–Crippen MR) is 90.3 cm³/mol. The molecule has 2 fully saturated rings. The first-order valence-corrected chi connectivity index (χ1v) is 8.99. The molecule has 2 saturated carbocycles. The van der Waals surface area contributed by atoms with Gasteiger partial charge in [0.1, 0.15) is 0 Å². The molecule has 2 aliphatic rings. The summed E-state index contributed by atoms with van der Waals surface area (Å²) in [7, 11) is 0. The molecule has 0 spiro atoms. The van der Waals surface area contributed by atoms with Crippen LogP contribution in [0, 0.1) is 11.3 Å². The van der Waals surface area contributed by atoms with Gasteiger partial charge < -0.3 is 11.1 Å². The lowest BCUT2D eigenvalue weighted by Gasteiger charge is -2.20. The van der Waals surface area contributed by atoms with Crippen LogP contribution in [0.3, 0.4) is 0 Å². The standard InChI is InChI=1S/C17H26N2OS/c1-4-12(20)15-14(18)13(11-5-6-11)16(21-15)19-9-17(7-8-17)10(2)3/h10-11,19H,4-9,18H2,1-3H3. The number of nitrogens with two attached hydrogens (primary N) is 1. The van der Waals surface area contributed by atoms with E-state index in [0.29, 0.717) is 23.7 Å². The first-order chi connectivity index (χ1) is 9.98. The summed E-state index contributed by atoms with van der Waals surface area (Å²) in [5.41, 5.74) is 8.74. The smallest absolute Gasteiger partial charge is 0.174 e. The summed E-state index contributed by atoms with van der Waals surface area (Å²) >= 11 is 1.58. The second-order valence-electron chi connectivity index (χ2n) is 7.01. The number of ketones is 1. The molecule has 3 nitrogen and oxygen atoms in total. The summed E-state index contributed by atoms with van der Waals surface area (Å²) in [5.74, 6) is 1.47. The van der Waals surface area contributed by atoms with Crippen molar-refractivity contribution in [1.29, 1.82) is 0 Å². The fraction of sp³-hybridized carbons (Fsp3) is 0.706. The summed E-state index contributed by atoms with van der Waals surface area (Å²) in [4.78, 5) is 12.8. The van der Waals surface area contributed by atoms with E-state index in [0.717, 1.165) is 17.1 Å². The summed E-state index contributed by atoms with van der Waals surface area (Å²) in [5, 5.41) is 4.81. The quantitative estimate of drug-likeness (QED) is 0.721. The minimum Gasteiger partial charge on any atom is -0.397 e. The molecule has 3 rings (SSSR count). The second-order valence-corrected chi connectivity index (χ2v) is 8.03.